The van der Waals surface area contributed by atoms with Crippen LogP contribution in [-0.2, 0) is 4.79 Å². The van der Waals surface area contributed by atoms with Crippen LogP contribution in [0.2, 0.25) is 0 Å². The molecule has 100 valence electrons. The van der Waals surface area contributed by atoms with Crippen molar-refractivity contribution >= 4 is 5.91 Å². The Labute approximate surface area is 106 Å². The molecule has 2 atom stereocenters. The smallest absolute Gasteiger partial charge is 0.220 e. The van der Waals surface area contributed by atoms with Crippen molar-refractivity contribution in [1.29, 1.82) is 0 Å². The van der Waals surface area contributed by atoms with Crippen molar-refractivity contribution in [2.24, 2.45) is 23.0 Å². The minimum atomic E-state index is 0.0733. The lowest BCUT2D eigenvalue weighted by Crippen LogP contribution is -2.37. The van der Waals surface area contributed by atoms with Crippen LogP contribution in [0, 0.1) is 17.3 Å². The zero-order chi connectivity index (χ0) is 12.9. The Kier molecular flexibility index (Phi) is 5.44. The second-order valence-electron chi connectivity index (χ2n) is 6.58. The maximum absolute atomic E-state index is 11.8. The summed E-state index contributed by atoms with van der Waals surface area (Å²) in [7, 11) is 0. The van der Waals surface area contributed by atoms with E-state index in [0.717, 1.165) is 13.1 Å². The van der Waals surface area contributed by atoms with Gasteiger partial charge in [-0.1, -0.05) is 33.6 Å². The predicted molar refractivity (Wildman–Crippen MR) is 71.6 cm³/mol. The van der Waals surface area contributed by atoms with E-state index in [4.69, 9.17) is 5.73 Å². The maximum atomic E-state index is 11.8. The number of nitrogens with one attached hydrogen (secondary N) is 1. The summed E-state index contributed by atoms with van der Waals surface area (Å²) >= 11 is 0. The molecule has 17 heavy (non-hydrogen) atoms. The van der Waals surface area contributed by atoms with Crippen LogP contribution in [0.25, 0.3) is 0 Å². The van der Waals surface area contributed by atoms with Gasteiger partial charge >= 0.3 is 0 Å². The van der Waals surface area contributed by atoms with E-state index in [9.17, 15) is 4.79 Å². The van der Waals surface area contributed by atoms with Gasteiger partial charge in [0.25, 0.3) is 0 Å². The minimum Gasteiger partial charge on any atom is -0.356 e. The van der Waals surface area contributed by atoms with Gasteiger partial charge in [-0.3, -0.25) is 4.79 Å². The van der Waals surface area contributed by atoms with Gasteiger partial charge in [0.05, 0.1) is 0 Å². The maximum Gasteiger partial charge on any atom is 0.220 e. The Morgan fingerprint density at radius 2 is 1.82 bits per heavy atom. The SMILES string of the molecule is CC(C)(C)CC(=O)NCC1CCCCC1CN. The third-order valence-corrected chi connectivity index (χ3v) is 3.62. The molecule has 0 radical (unpaired) electrons. The molecule has 0 spiro atoms. The molecule has 0 aromatic rings. The highest BCUT2D eigenvalue weighted by atomic mass is 16.1. The summed E-state index contributed by atoms with van der Waals surface area (Å²) in [5.74, 6) is 1.38. The van der Waals surface area contributed by atoms with Gasteiger partial charge in [-0.15, -0.1) is 0 Å². The summed E-state index contributed by atoms with van der Waals surface area (Å²) in [5.41, 5.74) is 5.86. The fraction of sp³-hybridized carbons (Fsp3) is 0.929. The lowest BCUT2D eigenvalue weighted by atomic mass is 9.79. The number of rotatable bonds is 4. The first-order valence-corrected chi connectivity index (χ1v) is 6.89. The van der Waals surface area contributed by atoms with Crippen molar-refractivity contribution in [3.8, 4) is 0 Å². The van der Waals surface area contributed by atoms with Gasteiger partial charge in [-0.05, 0) is 36.6 Å². The summed E-state index contributed by atoms with van der Waals surface area (Å²) in [6, 6.07) is 0. The van der Waals surface area contributed by atoms with Gasteiger partial charge in [0.15, 0.2) is 0 Å². The molecule has 0 aliphatic heterocycles. The number of hydrogen-bond acceptors (Lipinski definition) is 2. The summed E-state index contributed by atoms with van der Waals surface area (Å²) in [6.45, 7) is 7.86. The number of amides is 1. The molecule has 1 rings (SSSR count). The van der Waals surface area contributed by atoms with Gasteiger partial charge in [0.1, 0.15) is 0 Å². The van der Waals surface area contributed by atoms with Gasteiger partial charge < -0.3 is 11.1 Å². The molecule has 1 saturated carbocycles. The molecule has 0 aromatic carbocycles. The van der Waals surface area contributed by atoms with E-state index in [1.807, 2.05) is 0 Å². The van der Waals surface area contributed by atoms with Crippen molar-refractivity contribution in [3.05, 3.63) is 0 Å². The second kappa shape index (κ2) is 6.39. The molecule has 1 aliphatic rings. The van der Waals surface area contributed by atoms with Crippen LogP contribution in [-0.4, -0.2) is 19.0 Å². The van der Waals surface area contributed by atoms with Crippen LogP contribution in [0.1, 0.15) is 52.9 Å². The standard InChI is InChI=1S/C14H28N2O/c1-14(2,3)8-13(17)16-10-12-7-5-4-6-11(12)9-15/h11-12H,4-10,15H2,1-3H3,(H,16,17). The highest BCUT2D eigenvalue weighted by molar-refractivity contribution is 5.76. The molecule has 0 heterocycles. The molecule has 1 aliphatic carbocycles. The molecular weight excluding hydrogens is 212 g/mol. The predicted octanol–water partition coefficient (Wildman–Crippen LogP) is 2.30. The topological polar surface area (TPSA) is 55.1 Å². The summed E-state index contributed by atoms with van der Waals surface area (Å²) < 4.78 is 0. The Hall–Kier alpha value is -0.570. The summed E-state index contributed by atoms with van der Waals surface area (Å²) in [5, 5.41) is 3.08. The van der Waals surface area contributed by atoms with Crippen LogP contribution in [0.15, 0.2) is 0 Å². The van der Waals surface area contributed by atoms with Crippen molar-refractivity contribution in [1.82, 2.24) is 5.32 Å². The van der Waals surface area contributed by atoms with E-state index in [-0.39, 0.29) is 11.3 Å². The molecule has 3 N–H and O–H groups in total. The van der Waals surface area contributed by atoms with Crippen LogP contribution in [0.3, 0.4) is 0 Å². The fourth-order valence-corrected chi connectivity index (χ4v) is 2.65. The quantitative estimate of drug-likeness (QED) is 0.792. The zero-order valence-corrected chi connectivity index (χ0v) is 11.6. The molecule has 0 aromatic heterocycles. The molecule has 1 fully saturated rings. The Morgan fingerprint density at radius 3 is 2.35 bits per heavy atom. The Balaban J connectivity index is 2.31. The van der Waals surface area contributed by atoms with E-state index < -0.39 is 0 Å². The molecule has 0 bridgehead atoms. The third-order valence-electron chi connectivity index (χ3n) is 3.62. The zero-order valence-electron chi connectivity index (χ0n) is 11.6. The average molecular weight is 240 g/mol. The number of hydrogen-bond donors (Lipinski definition) is 2. The van der Waals surface area contributed by atoms with Crippen LogP contribution < -0.4 is 11.1 Å². The molecule has 3 nitrogen and oxygen atoms in total. The van der Waals surface area contributed by atoms with E-state index in [1.54, 1.807) is 0 Å². The molecular formula is C14H28N2O. The van der Waals surface area contributed by atoms with Gasteiger partial charge in [0, 0.05) is 13.0 Å². The van der Waals surface area contributed by atoms with Crippen LogP contribution in [0.4, 0.5) is 0 Å². The third kappa shape index (κ3) is 5.53. The Bertz CT molecular complexity index is 245. The molecule has 2 unspecified atom stereocenters. The van der Waals surface area contributed by atoms with E-state index >= 15 is 0 Å². The normalized spacial score (nSPS) is 25.6. The van der Waals surface area contributed by atoms with Crippen LogP contribution >= 0.6 is 0 Å². The number of carbonyl (C=O) groups excluding carboxylic acids is 1. The summed E-state index contributed by atoms with van der Waals surface area (Å²) in [4.78, 5) is 11.8. The molecule has 3 heteroatoms. The second-order valence-corrected chi connectivity index (χ2v) is 6.58. The van der Waals surface area contributed by atoms with Crippen molar-refractivity contribution in [2.75, 3.05) is 13.1 Å². The van der Waals surface area contributed by atoms with Gasteiger partial charge in [-0.25, -0.2) is 0 Å². The number of nitrogens with two attached hydrogens (primary N) is 1. The molecule has 0 saturated heterocycles. The van der Waals surface area contributed by atoms with Crippen molar-refractivity contribution < 1.29 is 4.79 Å². The van der Waals surface area contributed by atoms with Crippen molar-refractivity contribution in [3.63, 3.8) is 0 Å². The fourth-order valence-electron chi connectivity index (χ4n) is 2.65. The van der Waals surface area contributed by atoms with Gasteiger partial charge in [0.2, 0.25) is 5.91 Å². The molecule has 1 amide bonds. The lowest BCUT2D eigenvalue weighted by molar-refractivity contribution is -0.123. The largest absolute Gasteiger partial charge is 0.356 e. The lowest BCUT2D eigenvalue weighted by Gasteiger charge is -2.31. The first-order chi connectivity index (χ1) is 7.92. The highest BCUT2D eigenvalue weighted by Crippen LogP contribution is 2.28. The summed E-state index contributed by atoms with van der Waals surface area (Å²) in [6.07, 6.45) is 5.64. The minimum absolute atomic E-state index is 0.0733. The number of carbonyl (C=O) groups is 1. The van der Waals surface area contributed by atoms with E-state index in [1.165, 1.54) is 25.7 Å². The van der Waals surface area contributed by atoms with Crippen LogP contribution in [0.5, 0.6) is 0 Å². The monoisotopic (exact) mass is 240 g/mol. The Morgan fingerprint density at radius 1 is 1.24 bits per heavy atom. The highest BCUT2D eigenvalue weighted by Gasteiger charge is 2.24. The van der Waals surface area contributed by atoms with E-state index in [0.29, 0.717) is 18.3 Å². The van der Waals surface area contributed by atoms with E-state index in [2.05, 4.69) is 26.1 Å². The average Bonchev–Trinajstić information content (AvgIpc) is 2.24. The first kappa shape index (κ1) is 14.5. The first-order valence-electron chi connectivity index (χ1n) is 6.89. The van der Waals surface area contributed by atoms with Gasteiger partial charge in [-0.2, -0.15) is 0 Å². The van der Waals surface area contributed by atoms with Crippen molar-refractivity contribution in [2.45, 2.75) is 52.9 Å².